The van der Waals surface area contributed by atoms with Gasteiger partial charge in [0.2, 0.25) is 5.91 Å². The van der Waals surface area contributed by atoms with Crippen molar-refractivity contribution < 1.29 is 4.79 Å². The van der Waals surface area contributed by atoms with Gasteiger partial charge >= 0.3 is 0 Å². The van der Waals surface area contributed by atoms with E-state index < -0.39 is 0 Å². The van der Waals surface area contributed by atoms with Crippen molar-refractivity contribution in [3.8, 4) is 0 Å². The lowest BCUT2D eigenvalue weighted by Crippen LogP contribution is -2.36. The molecule has 0 saturated heterocycles. The molecule has 0 radical (unpaired) electrons. The summed E-state index contributed by atoms with van der Waals surface area (Å²) in [7, 11) is 0. The molecule has 0 fully saturated rings. The molecule has 1 aliphatic heterocycles. The van der Waals surface area contributed by atoms with E-state index in [1.54, 1.807) is 0 Å². The zero-order valence-corrected chi connectivity index (χ0v) is 10.6. The van der Waals surface area contributed by atoms with Crippen LogP contribution < -0.4 is 0 Å². The van der Waals surface area contributed by atoms with Crippen LogP contribution >= 0.6 is 11.6 Å². The van der Waals surface area contributed by atoms with Gasteiger partial charge < -0.3 is 4.90 Å². The topological polar surface area (TPSA) is 33.2 Å². The van der Waals surface area contributed by atoms with Gasteiger partial charge in [-0.15, -0.1) is 11.6 Å². The molecule has 0 spiro atoms. The smallest absolute Gasteiger partial charge is 0.222 e. The van der Waals surface area contributed by atoms with E-state index in [-0.39, 0.29) is 5.91 Å². The lowest BCUT2D eigenvalue weighted by molar-refractivity contribution is -0.132. The highest BCUT2D eigenvalue weighted by Crippen LogP contribution is 2.17. The fourth-order valence-corrected chi connectivity index (χ4v) is 2.30. The Labute approximate surface area is 107 Å². The van der Waals surface area contributed by atoms with Crippen molar-refractivity contribution in [2.75, 3.05) is 12.4 Å². The van der Waals surface area contributed by atoms with Gasteiger partial charge in [-0.2, -0.15) is 0 Å². The third-order valence-corrected chi connectivity index (χ3v) is 3.36. The van der Waals surface area contributed by atoms with E-state index in [4.69, 9.17) is 11.6 Å². The number of hydrogen-bond donors (Lipinski definition) is 0. The summed E-state index contributed by atoms with van der Waals surface area (Å²) < 4.78 is 0. The maximum atomic E-state index is 11.9. The molecule has 0 aliphatic carbocycles. The average Bonchev–Trinajstić information content (AvgIpc) is 2.38. The van der Waals surface area contributed by atoms with Crippen LogP contribution in [0.5, 0.6) is 0 Å². The second kappa shape index (κ2) is 6.01. The van der Waals surface area contributed by atoms with Crippen LogP contribution in [0.15, 0.2) is 18.3 Å². The first-order valence-electron chi connectivity index (χ1n) is 6.08. The monoisotopic (exact) mass is 252 g/mol. The summed E-state index contributed by atoms with van der Waals surface area (Å²) in [6.07, 6.45) is 5.11. The van der Waals surface area contributed by atoms with Crippen LogP contribution in [0.25, 0.3) is 0 Å². The summed E-state index contributed by atoms with van der Waals surface area (Å²) in [5.41, 5.74) is 2.32. The lowest BCUT2D eigenvalue weighted by Gasteiger charge is -2.28. The molecule has 1 aromatic rings. The summed E-state index contributed by atoms with van der Waals surface area (Å²) in [5, 5.41) is 0. The Bertz CT molecular complexity index is 395. The molecule has 0 N–H and O–H groups in total. The van der Waals surface area contributed by atoms with E-state index in [0.717, 1.165) is 31.5 Å². The Morgan fingerprint density at radius 1 is 1.47 bits per heavy atom. The SMILES string of the molecule is O=C(CCCCCl)N1CCc2ncccc2C1. The molecule has 0 unspecified atom stereocenters. The number of rotatable bonds is 4. The molecule has 4 heteroatoms. The zero-order valence-electron chi connectivity index (χ0n) is 9.86. The van der Waals surface area contributed by atoms with E-state index in [0.29, 0.717) is 18.8 Å². The second-order valence-corrected chi connectivity index (χ2v) is 4.70. The summed E-state index contributed by atoms with van der Waals surface area (Å²) >= 11 is 5.60. The molecule has 2 heterocycles. The molecule has 1 aromatic heterocycles. The molecule has 1 aliphatic rings. The molecule has 2 rings (SSSR count). The van der Waals surface area contributed by atoms with Crippen molar-refractivity contribution in [2.24, 2.45) is 0 Å². The van der Waals surface area contributed by atoms with E-state index in [1.165, 1.54) is 5.56 Å². The van der Waals surface area contributed by atoms with Crippen molar-refractivity contribution in [1.82, 2.24) is 9.88 Å². The standard InChI is InChI=1S/C13H17ClN2O/c14-7-2-1-5-13(17)16-9-6-12-11(10-16)4-3-8-15-12/h3-4,8H,1-2,5-7,9-10H2. The third-order valence-electron chi connectivity index (χ3n) is 3.09. The van der Waals surface area contributed by atoms with Crippen LogP contribution in [0.2, 0.25) is 0 Å². The Kier molecular flexibility index (Phi) is 4.37. The Morgan fingerprint density at radius 2 is 2.35 bits per heavy atom. The summed E-state index contributed by atoms with van der Waals surface area (Å²) in [6.45, 7) is 1.51. The normalized spacial score (nSPS) is 14.5. The van der Waals surface area contributed by atoms with Crippen molar-refractivity contribution in [3.05, 3.63) is 29.6 Å². The number of hydrogen-bond acceptors (Lipinski definition) is 2. The molecule has 0 saturated carbocycles. The Hall–Kier alpha value is -1.09. The maximum absolute atomic E-state index is 11.9. The quantitative estimate of drug-likeness (QED) is 0.609. The van der Waals surface area contributed by atoms with Crippen LogP contribution in [-0.4, -0.2) is 28.2 Å². The van der Waals surface area contributed by atoms with Gasteiger partial charge in [0, 0.05) is 43.7 Å². The second-order valence-electron chi connectivity index (χ2n) is 4.32. The van der Waals surface area contributed by atoms with Gasteiger partial charge in [-0.05, 0) is 24.5 Å². The van der Waals surface area contributed by atoms with E-state index in [9.17, 15) is 4.79 Å². The fourth-order valence-electron chi connectivity index (χ4n) is 2.11. The van der Waals surface area contributed by atoms with Gasteiger partial charge in [0.1, 0.15) is 0 Å². The predicted molar refractivity (Wildman–Crippen MR) is 67.9 cm³/mol. The summed E-state index contributed by atoms with van der Waals surface area (Å²) in [6, 6.07) is 3.99. The summed E-state index contributed by atoms with van der Waals surface area (Å²) in [5.74, 6) is 0.879. The minimum absolute atomic E-state index is 0.240. The van der Waals surface area contributed by atoms with Crippen molar-refractivity contribution in [1.29, 1.82) is 0 Å². The van der Waals surface area contributed by atoms with Gasteiger partial charge in [0.25, 0.3) is 0 Å². The molecular weight excluding hydrogens is 236 g/mol. The number of carbonyl (C=O) groups is 1. The minimum atomic E-state index is 0.240. The van der Waals surface area contributed by atoms with Crippen LogP contribution in [0.1, 0.15) is 30.5 Å². The fraction of sp³-hybridized carbons (Fsp3) is 0.538. The maximum Gasteiger partial charge on any atom is 0.222 e. The first-order valence-corrected chi connectivity index (χ1v) is 6.61. The Balaban J connectivity index is 1.91. The number of amides is 1. The van der Waals surface area contributed by atoms with Gasteiger partial charge in [-0.25, -0.2) is 0 Å². The van der Waals surface area contributed by atoms with Crippen molar-refractivity contribution in [3.63, 3.8) is 0 Å². The molecule has 92 valence electrons. The Morgan fingerprint density at radius 3 is 3.18 bits per heavy atom. The van der Waals surface area contributed by atoms with E-state index in [2.05, 4.69) is 11.1 Å². The van der Waals surface area contributed by atoms with Crippen molar-refractivity contribution >= 4 is 17.5 Å². The van der Waals surface area contributed by atoms with Crippen LogP contribution in [-0.2, 0) is 17.8 Å². The first kappa shape index (κ1) is 12.4. The molecule has 0 aromatic carbocycles. The number of pyridine rings is 1. The number of fused-ring (bicyclic) bond motifs is 1. The molecule has 1 amide bonds. The van der Waals surface area contributed by atoms with E-state index >= 15 is 0 Å². The highest BCUT2D eigenvalue weighted by Gasteiger charge is 2.20. The number of aromatic nitrogens is 1. The van der Waals surface area contributed by atoms with Gasteiger partial charge in [0.15, 0.2) is 0 Å². The van der Waals surface area contributed by atoms with Crippen LogP contribution in [0, 0.1) is 0 Å². The molecule has 0 atom stereocenters. The largest absolute Gasteiger partial charge is 0.338 e. The van der Waals surface area contributed by atoms with Gasteiger partial charge in [-0.1, -0.05) is 6.07 Å². The van der Waals surface area contributed by atoms with Crippen LogP contribution in [0.4, 0.5) is 0 Å². The number of unbranched alkanes of at least 4 members (excludes halogenated alkanes) is 1. The number of alkyl halides is 1. The molecule has 17 heavy (non-hydrogen) atoms. The van der Waals surface area contributed by atoms with Crippen molar-refractivity contribution in [2.45, 2.75) is 32.2 Å². The van der Waals surface area contributed by atoms with Gasteiger partial charge in [0.05, 0.1) is 0 Å². The third kappa shape index (κ3) is 3.19. The zero-order chi connectivity index (χ0) is 12.1. The van der Waals surface area contributed by atoms with E-state index in [1.807, 2.05) is 17.2 Å². The molecular formula is C13H17ClN2O. The summed E-state index contributed by atoms with van der Waals surface area (Å²) in [4.78, 5) is 18.2. The highest BCUT2D eigenvalue weighted by atomic mass is 35.5. The minimum Gasteiger partial charge on any atom is -0.338 e. The average molecular weight is 253 g/mol. The molecule has 0 bridgehead atoms. The van der Waals surface area contributed by atoms with Crippen LogP contribution in [0.3, 0.4) is 0 Å². The number of halogens is 1. The van der Waals surface area contributed by atoms with Gasteiger partial charge in [-0.3, -0.25) is 9.78 Å². The predicted octanol–water partition coefficient (Wildman–Crippen LogP) is 2.38. The lowest BCUT2D eigenvalue weighted by atomic mass is 10.1. The number of carbonyl (C=O) groups excluding carboxylic acids is 1. The first-order chi connectivity index (χ1) is 8.31. The highest BCUT2D eigenvalue weighted by molar-refractivity contribution is 6.17. The number of nitrogens with zero attached hydrogens (tertiary/aromatic N) is 2. The molecule has 3 nitrogen and oxygen atoms in total.